The van der Waals surface area contributed by atoms with Crippen LogP contribution in [0, 0.1) is 5.92 Å². The average molecular weight is 387 g/mol. The number of carbonyl (C=O) groups excluding carboxylic acids is 1. The number of alkyl halides is 3. The molecule has 0 radical (unpaired) electrons. The molecule has 1 aromatic rings. The van der Waals surface area contributed by atoms with Crippen molar-refractivity contribution in [1.82, 2.24) is 0 Å². The summed E-state index contributed by atoms with van der Waals surface area (Å²) in [7, 11) is 0. The number of halogens is 3. The molecule has 1 aliphatic carbocycles. The van der Waals surface area contributed by atoms with Crippen molar-refractivity contribution in [2.45, 2.75) is 64.7 Å². The topological polar surface area (TPSA) is 47.6 Å². The van der Waals surface area contributed by atoms with Crippen molar-refractivity contribution in [3.63, 3.8) is 0 Å². The number of nitrogens with one attached hydrogen (secondary N) is 1. The molecule has 1 N–H and O–H groups in total. The van der Waals surface area contributed by atoms with Gasteiger partial charge in [-0.2, -0.15) is 13.2 Å². The molecule has 1 fully saturated rings. The predicted octanol–water partition coefficient (Wildman–Crippen LogP) is 5.42. The van der Waals surface area contributed by atoms with Crippen molar-refractivity contribution in [3.8, 4) is 5.75 Å². The van der Waals surface area contributed by atoms with E-state index >= 15 is 0 Å². The Hall–Kier alpha value is -1.76. The molecule has 152 valence electrons. The number of hydrogen-bond acceptors (Lipinski definition) is 3. The van der Waals surface area contributed by atoms with Crippen molar-refractivity contribution in [2.75, 3.05) is 18.5 Å². The van der Waals surface area contributed by atoms with E-state index in [2.05, 4.69) is 12.2 Å². The van der Waals surface area contributed by atoms with Crippen molar-refractivity contribution in [1.29, 1.82) is 0 Å². The first-order valence-corrected chi connectivity index (χ1v) is 9.51. The maximum Gasteiger partial charge on any atom is 0.420 e. The lowest BCUT2D eigenvalue weighted by atomic mass is 9.78. The SMILES string of the molecule is CCCO[C@]1(C(=O)Nc2ccc(OCC)c(C(F)(F)F)c2)CCC[C@@H](C)C1. The van der Waals surface area contributed by atoms with E-state index in [4.69, 9.17) is 9.47 Å². The molecule has 0 aliphatic heterocycles. The van der Waals surface area contributed by atoms with Gasteiger partial charge in [-0.25, -0.2) is 0 Å². The standard InChI is InChI=1S/C20H28F3NO3/c1-4-11-27-19(10-6-7-14(3)13-19)18(25)24-15-8-9-17(26-5-2)16(12-15)20(21,22)23/h8-9,12,14H,4-7,10-11,13H2,1-3H3,(H,24,25)/t14-,19-/m1/s1. The quantitative estimate of drug-likeness (QED) is 0.680. The fourth-order valence-electron chi connectivity index (χ4n) is 3.56. The number of anilines is 1. The third-order valence-corrected chi connectivity index (χ3v) is 4.79. The molecule has 2 atom stereocenters. The van der Waals surface area contributed by atoms with E-state index in [0.29, 0.717) is 25.4 Å². The first-order chi connectivity index (χ1) is 12.7. The van der Waals surface area contributed by atoms with Crippen LogP contribution >= 0.6 is 0 Å². The van der Waals surface area contributed by atoms with Crippen LogP contribution in [0.2, 0.25) is 0 Å². The van der Waals surface area contributed by atoms with Gasteiger partial charge in [-0.3, -0.25) is 4.79 Å². The summed E-state index contributed by atoms with van der Waals surface area (Å²) < 4.78 is 51.0. The average Bonchev–Trinajstić information content (AvgIpc) is 2.60. The Labute approximate surface area is 158 Å². The Morgan fingerprint density at radius 3 is 2.67 bits per heavy atom. The van der Waals surface area contributed by atoms with E-state index in [9.17, 15) is 18.0 Å². The fraction of sp³-hybridized carbons (Fsp3) is 0.650. The van der Waals surface area contributed by atoms with Gasteiger partial charge in [0.15, 0.2) is 0 Å². The largest absolute Gasteiger partial charge is 0.493 e. The first kappa shape index (κ1) is 21.5. The molecule has 0 aromatic heterocycles. The molecule has 0 saturated heterocycles. The molecular formula is C20H28F3NO3. The molecule has 0 spiro atoms. The zero-order valence-electron chi connectivity index (χ0n) is 16.1. The minimum atomic E-state index is -4.57. The van der Waals surface area contributed by atoms with Crippen LogP contribution in [0.3, 0.4) is 0 Å². The number of carbonyl (C=O) groups is 1. The summed E-state index contributed by atoms with van der Waals surface area (Å²) in [5, 5.41) is 2.64. The highest BCUT2D eigenvalue weighted by Crippen LogP contribution is 2.39. The summed E-state index contributed by atoms with van der Waals surface area (Å²) in [5.74, 6) is -0.293. The second kappa shape index (κ2) is 8.95. The third-order valence-electron chi connectivity index (χ3n) is 4.79. The lowest BCUT2D eigenvalue weighted by Gasteiger charge is -2.38. The van der Waals surface area contributed by atoms with Gasteiger partial charge in [0.2, 0.25) is 0 Å². The summed E-state index contributed by atoms with van der Waals surface area (Å²) in [6.07, 6.45) is -0.777. The van der Waals surface area contributed by atoms with Gasteiger partial charge in [0.05, 0.1) is 12.2 Å². The van der Waals surface area contributed by atoms with Crippen LogP contribution < -0.4 is 10.1 Å². The minimum Gasteiger partial charge on any atom is -0.493 e. The van der Waals surface area contributed by atoms with E-state index in [1.807, 2.05) is 6.92 Å². The van der Waals surface area contributed by atoms with Crippen molar-refractivity contribution < 1.29 is 27.4 Å². The van der Waals surface area contributed by atoms with Gasteiger partial charge >= 0.3 is 6.18 Å². The van der Waals surface area contributed by atoms with Crippen LogP contribution in [-0.2, 0) is 15.7 Å². The predicted molar refractivity (Wildman–Crippen MR) is 97.8 cm³/mol. The van der Waals surface area contributed by atoms with E-state index in [-0.39, 0.29) is 24.0 Å². The zero-order chi connectivity index (χ0) is 20.1. The summed E-state index contributed by atoms with van der Waals surface area (Å²) in [5.41, 5.74) is -1.79. The Morgan fingerprint density at radius 1 is 1.33 bits per heavy atom. The second-order valence-corrected chi connectivity index (χ2v) is 7.14. The van der Waals surface area contributed by atoms with E-state index in [1.54, 1.807) is 6.92 Å². The molecule has 27 heavy (non-hydrogen) atoms. The maximum absolute atomic E-state index is 13.3. The number of ether oxygens (including phenoxy) is 2. The van der Waals surface area contributed by atoms with E-state index < -0.39 is 17.3 Å². The van der Waals surface area contributed by atoms with E-state index in [0.717, 1.165) is 25.3 Å². The van der Waals surface area contributed by atoms with Gasteiger partial charge in [-0.1, -0.05) is 20.3 Å². The molecule has 0 heterocycles. The molecule has 2 rings (SSSR count). The summed E-state index contributed by atoms with van der Waals surface area (Å²) >= 11 is 0. The van der Waals surface area contributed by atoms with Crippen LogP contribution in [-0.4, -0.2) is 24.7 Å². The normalized spacial score (nSPS) is 23.1. The molecule has 1 amide bonds. The Morgan fingerprint density at radius 2 is 2.07 bits per heavy atom. The molecule has 1 saturated carbocycles. The number of hydrogen-bond donors (Lipinski definition) is 1. The highest BCUT2D eigenvalue weighted by atomic mass is 19.4. The van der Waals surface area contributed by atoms with Crippen LogP contribution in [0.25, 0.3) is 0 Å². The monoisotopic (exact) mass is 387 g/mol. The molecule has 7 heteroatoms. The zero-order valence-corrected chi connectivity index (χ0v) is 16.1. The van der Waals surface area contributed by atoms with Gasteiger partial charge in [0.1, 0.15) is 11.4 Å². The Bertz CT molecular complexity index is 648. The smallest absolute Gasteiger partial charge is 0.420 e. The van der Waals surface area contributed by atoms with Crippen LogP contribution in [0.15, 0.2) is 18.2 Å². The van der Waals surface area contributed by atoms with Gasteiger partial charge in [-0.15, -0.1) is 0 Å². The molecule has 1 aromatic carbocycles. The van der Waals surface area contributed by atoms with Crippen molar-refractivity contribution in [3.05, 3.63) is 23.8 Å². The molecule has 0 unspecified atom stereocenters. The van der Waals surface area contributed by atoms with Gasteiger partial charge in [0.25, 0.3) is 5.91 Å². The fourth-order valence-corrected chi connectivity index (χ4v) is 3.56. The van der Waals surface area contributed by atoms with Crippen LogP contribution in [0.1, 0.15) is 58.4 Å². The number of amides is 1. The number of rotatable bonds is 7. The Kier molecular flexibility index (Phi) is 7.14. The molecule has 4 nitrogen and oxygen atoms in total. The lowest BCUT2D eigenvalue weighted by molar-refractivity contribution is -0.148. The third kappa shape index (κ3) is 5.37. The lowest BCUT2D eigenvalue weighted by Crippen LogP contribution is -2.48. The summed E-state index contributed by atoms with van der Waals surface area (Å²) in [6, 6.07) is 3.59. The van der Waals surface area contributed by atoms with E-state index in [1.165, 1.54) is 12.1 Å². The molecule has 1 aliphatic rings. The highest BCUT2D eigenvalue weighted by molar-refractivity contribution is 5.97. The first-order valence-electron chi connectivity index (χ1n) is 9.51. The molecular weight excluding hydrogens is 359 g/mol. The van der Waals surface area contributed by atoms with Gasteiger partial charge in [0, 0.05) is 12.3 Å². The number of benzene rings is 1. The van der Waals surface area contributed by atoms with Crippen LogP contribution in [0.4, 0.5) is 18.9 Å². The maximum atomic E-state index is 13.3. The van der Waals surface area contributed by atoms with Crippen LogP contribution in [0.5, 0.6) is 5.75 Å². The van der Waals surface area contributed by atoms with Gasteiger partial charge < -0.3 is 14.8 Å². The summed E-state index contributed by atoms with van der Waals surface area (Å²) in [6.45, 7) is 6.21. The minimum absolute atomic E-state index is 0.0912. The second-order valence-electron chi connectivity index (χ2n) is 7.14. The van der Waals surface area contributed by atoms with Crippen molar-refractivity contribution in [2.24, 2.45) is 5.92 Å². The Balaban J connectivity index is 2.26. The highest BCUT2D eigenvalue weighted by Gasteiger charge is 2.43. The van der Waals surface area contributed by atoms with Gasteiger partial charge in [-0.05, 0) is 56.7 Å². The van der Waals surface area contributed by atoms with Crippen molar-refractivity contribution >= 4 is 11.6 Å². The molecule has 0 bridgehead atoms. The summed E-state index contributed by atoms with van der Waals surface area (Å²) in [4.78, 5) is 13.0.